The summed E-state index contributed by atoms with van der Waals surface area (Å²) in [5, 5.41) is 3.14. The molecular formula is C9H14N2. The molecule has 0 aliphatic carbocycles. The lowest BCUT2D eigenvalue weighted by Crippen LogP contribution is -2.13. The molecule has 0 saturated carbocycles. The van der Waals surface area contributed by atoms with Gasteiger partial charge in [-0.05, 0) is 25.6 Å². The molecule has 3 N–H and O–H groups in total. The van der Waals surface area contributed by atoms with Crippen LogP contribution in [0.4, 0.5) is 5.69 Å². The minimum Gasteiger partial charge on any atom is -0.398 e. The summed E-state index contributed by atoms with van der Waals surface area (Å²) in [6.45, 7) is 2.09. The van der Waals surface area contributed by atoms with Crippen molar-refractivity contribution in [3.05, 3.63) is 29.8 Å². The van der Waals surface area contributed by atoms with Crippen molar-refractivity contribution in [2.24, 2.45) is 0 Å². The average Bonchev–Trinajstić information content (AvgIpc) is 2.04. The lowest BCUT2D eigenvalue weighted by molar-refractivity contribution is 0.654. The van der Waals surface area contributed by atoms with Crippen molar-refractivity contribution in [1.29, 1.82) is 0 Å². The summed E-state index contributed by atoms with van der Waals surface area (Å²) in [6.07, 6.45) is 0. The van der Waals surface area contributed by atoms with Gasteiger partial charge in [0.15, 0.2) is 0 Å². The molecule has 0 fully saturated rings. The van der Waals surface area contributed by atoms with E-state index in [-0.39, 0.29) is 0 Å². The van der Waals surface area contributed by atoms with Gasteiger partial charge in [0.1, 0.15) is 0 Å². The number of hydrogen-bond acceptors (Lipinski definition) is 2. The Labute approximate surface area is 67.4 Å². The number of nitrogen functional groups attached to an aromatic ring is 1. The lowest BCUT2D eigenvalue weighted by Gasteiger charge is -2.12. The molecule has 1 unspecified atom stereocenters. The van der Waals surface area contributed by atoms with E-state index in [1.165, 1.54) is 0 Å². The Bertz CT molecular complexity index is 233. The van der Waals surface area contributed by atoms with Crippen molar-refractivity contribution in [3.63, 3.8) is 0 Å². The van der Waals surface area contributed by atoms with E-state index in [1.54, 1.807) is 0 Å². The van der Waals surface area contributed by atoms with E-state index < -0.39 is 0 Å². The molecule has 2 heteroatoms. The highest BCUT2D eigenvalue weighted by Gasteiger charge is 2.03. The number of nitrogens with two attached hydrogens (primary N) is 1. The Kier molecular flexibility index (Phi) is 2.49. The summed E-state index contributed by atoms with van der Waals surface area (Å²) in [6, 6.07) is 8.23. The normalized spacial score (nSPS) is 12.9. The second kappa shape index (κ2) is 3.39. The number of hydrogen-bond donors (Lipinski definition) is 2. The molecular weight excluding hydrogens is 136 g/mol. The van der Waals surface area contributed by atoms with Gasteiger partial charge in [-0.1, -0.05) is 18.2 Å². The topological polar surface area (TPSA) is 38.0 Å². The molecule has 1 rings (SSSR count). The molecule has 0 amide bonds. The zero-order valence-corrected chi connectivity index (χ0v) is 6.96. The summed E-state index contributed by atoms with van der Waals surface area (Å²) in [4.78, 5) is 0. The second-order valence-corrected chi connectivity index (χ2v) is 2.64. The molecule has 1 aromatic rings. The van der Waals surface area contributed by atoms with Gasteiger partial charge in [-0.25, -0.2) is 0 Å². The van der Waals surface area contributed by atoms with E-state index in [4.69, 9.17) is 5.73 Å². The summed E-state index contributed by atoms with van der Waals surface area (Å²) in [5.41, 5.74) is 7.77. The molecule has 0 aliphatic rings. The molecule has 0 aromatic heterocycles. The summed E-state index contributed by atoms with van der Waals surface area (Å²) < 4.78 is 0. The van der Waals surface area contributed by atoms with Gasteiger partial charge in [-0.3, -0.25) is 0 Å². The zero-order chi connectivity index (χ0) is 8.27. The molecule has 11 heavy (non-hydrogen) atoms. The van der Waals surface area contributed by atoms with Crippen molar-refractivity contribution in [2.75, 3.05) is 12.8 Å². The van der Waals surface area contributed by atoms with Gasteiger partial charge >= 0.3 is 0 Å². The van der Waals surface area contributed by atoms with E-state index in [0.717, 1.165) is 11.3 Å². The number of anilines is 1. The van der Waals surface area contributed by atoms with E-state index in [2.05, 4.69) is 12.2 Å². The van der Waals surface area contributed by atoms with Crippen LogP contribution in [0.25, 0.3) is 0 Å². The third-order valence-electron chi connectivity index (χ3n) is 1.90. The number of benzene rings is 1. The average molecular weight is 150 g/mol. The van der Waals surface area contributed by atoms with Crippen molar-refractivity contribution >= 4 is 5.69 Å². The van der Waals surface area contributed by atoms with Gasteiger partial charge in [0.05, 0.1) is 0 Å². The van der Waals surface area contributed by atoms with Crippen molar-refractivity contribution in [2.45, 2.75) is 13.0 Å². The first kappa shape index (κ1) is 8.08. The van der Waals surface area contributed by atoms with Crippen LogP contribution >= 0.6 is 0 Å². The maximum absolute atomic E-state index is 5.76. The Hall–Kier alpha value is -1.02. The molecule has 0 radical (unpaired) electrons. The van der Waals surface area contributed by atoms with Crippen LogP contribution in [0.2, 0.25) is 0 Å². The summed E-state index contributed by atoms with van der Waals surface area (Å²) >= 11 is 0. The molecule has 0 aliphatic heterocycles. The monoisotopic (exact) mass is 150 g/mol. The third-order valence-corrected chi connectivity index (χ3v) is 1.90. The smallest absolute Gasteiger partial charge is 0.0362 e. The van der Waals surface area contributed by atoms with Crippen molar-refractivity contribution < 1.29 is 0 Å². The fraction of sp³-hybridized carbons (Fsp3) is 0.333. The van der Waals surface area contributed by atoms with Gasteiger partial charge in [-0.2, -0.15) is 0 Å². The van der Waals surface area contributed by atoms with E-state index in [9.17, 15) is 0 Å². The van der Waals surface area contributed by atoms with Crippen LogP contribution in [0.1, 0.15) is 18.5 Å². The highest BCUT2D eigenvalue weighted by Crippen LogP contribution is 2.18. The van der Waals surface area contributed by atoms with E-state index >= 15 is 0 Å². The molecule has 60 valence electrons. The first-order valence-corrected chi connectivity index (χ1v) is 3.77. The Balaban J connectivity index is 2.93. The largest absolute Gasteiger partial charge is 0.398 e. The summed E-state index contributed by atoms with van der Waals surface area (Å²) in [7, 11) is 1.93. The van der Waals surface area contributed by atoms with E-state index in [0.29, 0.717) is 6.04 Å². The Morgan fingerprint density at radius 3 is 2.55 bits per heavy atom. The maximum Gasteiger partial charge on any atom is 0.0362 e. The molecule has 0 saturated heterocycles. The summed E-state index contributed by atoms with van der Waals surface area (Å²) in [5.74, 6) is 0. The Morgan fingerprint density at radius 1 is 1.36 bits per heavy atom. The number of nitrogens with one attached hydrogen (secondary N) is 1. The van der Waals surface area contributed by atoms with Crippen LogP contribution in [0.5, 0.6) is 0 Å². The van der Waals surface area contributed by atoms with Gasteiger partial charge < -0.3 is 11.1 Å². The zero-order valence-electron chi connectivity index (χ0n) is 6.96. The fourth-order valence-corrected chi connectivity index (χ4v) is 1.06. The van der Waals surface area contributed by atoms with Gasteiger partial charge in [0, 0.05) is 11.7 Å². The molecule has 0 heterocycles. The predicted molar refractivity (Wildman–Crippen MR) is 48.3 cm³/mol. The van der Waals surface area contributed by atoms with Crippen LogP contribution in [-0.2, 0) is 0 Å². The Morgan fingerprint density at radius 2 is 2.00 bits per heavy atom. The quantitative estimate of drug-likeness (QED) is 0.628. The van der Waals surface area contributed by atoms with Crippen LogP contribution < -0.4 is 11.1 Å². The minimum absolute atomic E-state index is 0.330. The fourth-order valence-electron chi connectivity index (χ4n) is 1.06. The third kappa shape index (κ3) is 1.71. The van der Waals surface area contributed by atoms with Crippen molar-refractivity contribution in [1.82, 2.24) is 5.32 Å². The second-order valence-electron chi connectivity index (χ2n) is 2.64. The molecule has 1 aromatic carbocycles. The van der Waals surface area contributed by atoms with Crippen LogP contribution in [0.15, 0.2) is 24.3 Å². The molecule has 0 spiro atoms. The molecule has 1 atom stereocenters. The number of para-hydroxylation sites is 1. The highest BCUT2D eigenvalue weighted by atomic mass is 14.9. The van der Waals surface area contributed by atoms with Gasteiger partial charge in [-0.15, -0.1) is 0 Å². The predicted octanol–water partition coefficient (Wildman–Crippen LogP) is 1.55. The van der Waals surface area contributed by atoms with Crippen LogP contribution in [0.3, 0.4) is 0 Å². The SMILES string of the molecule is CNC(C)c1ccccc1N. The maximum atomic E-state index is 5.76. The van der Waals surface area contributed by atoms with Gasteiger partial charge in [0.2, 0.25) is 0 Å². The van der Waals surface area contributed by atoms with Crippen molar-refractivity contribution in [3.8, 4) is 0 Å². The lowest BCUT2D eigenvalue weighted by atomic mass is 10.1. The van der Waals surface area contributed by atoms with Crippen LogP contribution in [0, 0.1) is 0 Å². The first-order valence-electron chi connectivity index (χ1n) is 3.77. The first-order chi connectivity index (χ1) is 5.25. The number of rotatable bonds is 2. The molecule has 2 nitrogen and oxygen atoms in total. The minimum atomic E-state index is 0.330. The van der Waals surface area contributed by atoms with Gasteiger partial charge in [0.25, 0.3) is 0 Å². The highest BCUT2D eigenvalue weighted by molar-refractivity contribution is 5.47. The van der Waals surface area contributed by atoms with Crippen LogP contribution in [-0.4, -0.2) is 7.05 Å². The standard InChI is InChI=1S/C9H14N2/c1-7(11-2)8-5-3-4-6-9(8)10/h3-7,11H,10H2,1-2H3. The molecule has 0 bridgehead atoms. The van der Waals surface area contributed by atoms with E-state index in [1.807, 2.05) is 31.3 Å².